The summed E-state index contributed by atoms with van der Waals surface area (Å²) < 4.78 is 12.7. The predicted molar refractivity (Wildman–Crippen MR) is 94.7 cm³/mol. The quantitative estimate of drug-likeness (QED) is 0.335. The average Bonchev–Trinajstić information content (AvgIpc) is 3.18. The Morgan fingerprint density at radius 2 is 2.22 bits per heavy atom. The minimum atomic E-state index is -1.23. The van der Waals surface area contributed by atoms with E-state index in [4.69, 9.17) is 20.3 Å². The highest BCUT2D eigenvalue weighted by Gasteiger charge is 2.48. The molecule has 1 fully saturated rings. The molecule has 12 heteroatoms. The molecule has 0 radical (unpaired) electrons. The summed E-state index contributed by atoms with van der Waals surface area (Å²) >= 11 is 1.22. The van der Waals surface area contributed by atoms with E-state index in [2.05, 4.69) is 15.0 Å². The Labute approximate surface area is 158 Å². The Morgan fingerprint density at radius 1 is 1.44 bits per heavy atom. The second kappa shape index (κ2) is 8.35. The van der Waals surface area contributed by atoms with E-state index in [9.17, 15) is 15.0 Å². The van der Waals surface area contributed by atoms with Crippen LogP contribution in [0.25, 0.3) is 11.2 Å². The smallest absolute Gasteiger partial charge is 0.306 e. The number of carbonyl (C=O) groups excluding carboxylic acids is 1. The second-order valence-electron chi connectivity index (χ2n) is 5.81. The van der Waals surface area contributed by atoms with Crippen molar-refractivity contribution in [3.8, 4) is 0 Å². The molecule has 4 atom stereocenters. The van der Waals surface area contributed by atoms with Gasteiger partial charge in [0.2, 0.25) is 0 Å². The first kappa shape index (κ1) is 19.8. The van der Waals surface area contributed by atoms with Gasteiger partial charge in [0, 0.05) is 12.2 Å². The molecule has 2 aromatic rings. The zero-order valence-corrected chi connectivity index (χ0v) is 15.4. The van der Waals surface area contributed by atoms with Gasteiger partial charge in [-0.1, -0.05) is 18.7 Å². The Morgan fingerprint density at radius 3 is 2.89 bits per heavy atom. The van der Waals surface area contributed by atoms with Gasteiger partial charge in [0.1, 0.15) is 18.5 Å². The fourth-order valence-corrected chi connectivity index (χ4v) is 3.57. The van der Waals surface area contributed by atoms with Crippen LogP contribution >= 0.6 is 11.8 Å². The number of anilines is 1. The summed E-state index contributed by atoms with van der Waals surface area (Å²) in [6.45, 7) is 1.09. The maximum absolute atomic E-state index is 11.8. The zero-order valence-electron chi connectivity index (χ0n) is 14.6. The molecule has 0 amide bonds. The fourth-order valence-electron chi connectivity index (χ4n) is 2.81. The molecule has 0 aliphatic carbocycles. The number of fused-ring (bicyclic) bond motifs is 1. The van der Waals surface area contributed by atoms with Crippen molar-refractivity contribution in [2.75, 3.05) is 24.7 Å². The monoisotopic (exact) mass is 399 g/mol. The first-order valence-electron chi connectivity index (χ1n) is 8.37. The number of carbonyl (C=O) groups is 1. The normalized spacial score (nSPS) is 25.2. The molecule has 0 aromatic carbocycles. The predicted octanol–water partition coefficient (Wildman–Crippen LogP) is -0.935. The minimum Gasteiger partial charge on any atom is -0.455 e. The van der Waals surface area contributed by atoms with Gasteiger partial charge in [0.15, 0.2) is 34.5 Å². The van der Waals surface area contributed by atoms with Crippen molar-refractivity contribution in [2.24, 2.45) is 0 Å². The van der Waals surface area contributed by atoms with E-state index < -0.39 is 37.1 Å². The number of ether oxygens (including phenoxy) is 2. The van der Waals surface area contributed by atoms with E-state index in [-0.39, 0.29) is 18.8 Å². The lowest BCUT2D eigenvalue weighted by atomic mass is 10.1. The molecule has 1 saturated heterocycles. The van der Waals surface area contributed by atoms with Gasteiger partial charge in [0.05, 0.1) is 13.2 Å². The number of hydrogen-bond donors (Lipinski definition) is 4. The van der Waals surface area contributed by atoms with Gasteiger partial charge in [-0.3, -0.25) is 9.36 Å². The molecule has 5 N–H and O–H groups in total. The summed E-state index contributed by atoms with van der Waals surface area (Å²) in [6, 6.07) is 0. The van der Waals surface area contributed by atoms with Crippen molar-refractivity contribution < 1.29 is 29.6 Å². The molecule has 0 spiro atoms. The van der Waals surface area contributed by atoms with E-state index in [1.165, 1.54) is 18.1 Å². The van der Waals surface area contributed by atoms with E-state index in [0.29, 0.717) is 22.1 Å². The molecule has 148 valence electrons. The summed E-state index contributed by atoms with van der Waals surface area (Å²) in [4.78, 5) is 24.3. The molecule has 3 rings (SSSR count). The Kier molecular flexibility index (Phi) is 6.11. The van der Waals surface area contributed by atoms with Gasteiger partial charge in [-0.15, -0.1) is 0 Å². The number of hydrogen-bond acceptors (Lipinski definition) is 11. The van der Waals surface area contributed by atoms with Crippen molar-refractivity contribution in [3.63, 3.8) is 0 Å². The van der Waals surface area contributed by atoms with Crippen LogP contribution < -0.4 is 5.73 Å². The largest absolute Gasteiger partial charge is 0.455 e. The summed E-state index contributed by atoms with van der Waals surface area (Å²) in [5.74, 6) is -0.0206. The highest BCUT2D eigenvalue weighted by molar-refractivity contribution is 7.99. The van der Waals surface area contributed by atoms with Crippen molar-refractivity contribution in [1.29, 1.82) is 0 Å². The maximum Gasteiger partial charge on any atom is 0.306 e. The third-order valence-corrected chi connectivity index (χ3v) is 5.03. The Hall–Kier alpha value is -1.99. The number of nitrogen functional groups attached to an aromatic ring is 1. The number of imidazole rings is 1. The highest BCUT2D eigenvalue weighted by atomic mass is 32.2. The summed E-state index contributed by atoms with van der Waals surface area (Å²) in [5.41, 5.74) is 6.54. The first-order chi connectivity index (χ1) is 13.0. The van der Waals surface area contributed by atoms with Gasteiger partial charge in [-0.25, -0.2) is 15.0 Å². The number of esters is 1. The van der Waals surface area contributed by atoms with Crippen LogP contribution in [-0.2, 0) is 14.3 Å². The first-order valence-corrected chi connectivity index (χ1v) is 9.36. The summed E-state index contributed by atoms with van der Waals surface area (Å²) in [6.07, 6.45) is -2.85. The number of thioether (sulfide) groups is 1. The van der Waals surface area contributed by atoms with E-state index >= 15 is 0 Å². The van der Waals surface area contributed by atoms with Crippen LogP contribution in [0.2, 0.25) is 0 Å². The average molecular weight is 399 g/mol. The van der Waals surface area contributed by atoms with Crippen molar-refractivity contribution in [3.05, 3.63) is 6.33 Å². The lowest BCUT2D eigenvalue weighted by molar-refractivity contribution is -0.158. The Balaban J connectivity index is 2.09. The molecular formula is C15H21N5O6S. The summed E-state index contributed by atoms with van der Waals surface area (Å²) in [7, 11) is 0. The maximum atomic E-state index is 11.8. The number of aromatic nitrogens is 4. The molecule has 0 saturated carbocycles. The van der Waals surface area contributed by atoms with Crippen molar-refractivity contribution in [1.82, 2.24) is 19.5 Å². The van der Waals surface area contributed by atoms with Crippen LogP contribution in [0.15, 0.2) is 11.5 Å². The van der Waals surface area contributed by atoms with Crippen molar-refractivity contribution in [2.45, 2.75) is 43.0 Å². The number of nitrogens with two attached hydrogens (primary N) is 1. The molecule has 3 heterocycles. The van der Waals surface area contributed by atoms with Gasteiger partial charge in [-0.2, -0.15) is 0 Å². The minimum absolute atomic E-state index is 0.0866. The van der Waals surface area contributed by atoms with Crippen LogP contribution in [0.1, 0.15) is 19.6 Å². The Bertz CT molecular complexity index is 817. The number of aliphatic hydroxyl groups excluding tert-OH is 3. The van der Waals surface area contributed by atoms with Gasteiger partial charge in [0.25, 0.3) is 0 Å². The molecule has 0 bridgehead atoms. The van der Waals surface area contributed by atoms with Crippen LogP contribution in [0.3, 0.4) is 0 Å². The molecule has 0 unspecified atom stereocenters. The van der Waals surface area contributed by atoms with Crippen LogP contribution in [0.5, 0.6) is 0 Å². The van der Waals surface area contributed by atoms with Gasteiger partial charge in [-0.05, 0) is 0 Å². The number of rotatable bonds is 7. The number of aliphatic hydroxyl groups is 3. The second-order valence-corrected chi connectivity index (χ2v) is 6.88. The van der Waals surface area contributed by atoms with Crippen LogP contribution in [0.4, 0.5) is 5.82 Å². The van der Waals surface area contributed by atoms with Gasteiger partial charge >= 0.3 is 5.97 Å². The molecule has 11 nitrogen and oxygen atoms in total. The summed E-state index contributed by atoms with van der Waals surface area (Å²) in [5, 5.41) is 29.5. The zero-order chi connectivity index (χ0) is 19.6. The number of nitrogens with zero attached hydrogens (tertiary/aromatic N) is 4. The third kappa shape index (κ3) is 3.71. The lowest BCUT2D eigenvalue weighted by Crippen LogP contribution is -2.37. The lowest BCUT2D eigenvalue weighted by Gasteiger charge is -2.23. The van der Waals surface area contributed by atoms with Crippen LogP contribution in [-0.4, -0.2) is 78.1 Å². The highest BCUT2D eigenvalue weighted by Crippen LogP contribution is 2.37. The third-order valence-electron chi connectivity index (χ3n) is 4.10. The standard InChI is InChI=1S/C15H21N5O6S/c1-2-8(23)26-11-10(24)7(5-22)25-14(11)20-13-9(12(16)17-6-18-13)19-15(20)27-4-3-21/h6-7,10-11,14,21-22,24H,2-5H2,1H3,(H2,16,17,18)/t7-,10-,11-,14-/m1/s1. The van der Waals surface area contributed by atoms with Crippen molar-refractivity contribution >= 4 is 34.7 Å². The molecule has 27 heavy (non-hydrogen) atoms. The fraction of sp³-hybridized carbons (Fsp3) is 0.600. The van der Waals surface area contributed by atoms with Crippen LogP contribution in [0, 0.1) is 0 Å². The molecule has 1 aliphatic rings. The van der Waals surface area contributed by atoms with E-state index in [0.717, 1.165) is 0 Å². The topological polar surface area (TPSA) is 166 Å². The SMILES string of the molecule is CCC(=O)O[C@@H]1[C@H](O)[C@@H](CO)O[C@H]1n1c(SCCO)nc2c(N)ncnc21. The van der Waals surface area contributed by atoms with E-state index in [1.54, 1.807) is 11.5 Å². The van der Waals surface area contributed by atoms with Gasteiger partial charge < -0.3 is 30.5 Å². The molecular weight excluding hydrogens is 378 g/mol. The molecule has 1 aliphatic heterocycles. The van der Waals surface area contributed by atoms with E-state index in [1.807, 2.05) is 0 Å². The molecule has 2 aromatic heterocycles.